The summed E-state index contributed by atoms with van der Waals surface area (Å²) in [5.41, 5.74) is 1.92. The van der Waals surface area contributed by atoms with Gasteiger partial charge in [-0.25, -0.2) is 4.98 Å². The van der Waals surface area contributed by atoms with Crippen LogP contribution in [-0.4, -0.2) is 40.6 Å². The van der Waals surface area contributed by atoms with Crippen molar-refractivity contribution in [3.05, 3.63) is 54.6 Å². The van der Waals surface area contributed by atoms with E-state index in [9.17, 15) is 0 Å². The number of hydrogen-bond acceptors (Lipinski definition) is 4. The number of ether oxygens (including phenoxy) is 1. The molecule has 24 heavy (non-hydrogen) atoms. The van der Waals surface area contributed by atoms with Crippen molar-refractivity contribution in [1.82, 2.24) is 14.9 Å². The number of fused-ring (bicyclic) bond motifs is 1. The smallest absolute Gasteiger partial charge is 0.225 e. The van der Waals surface area contributed by atoms with Gasteiger partial charge in [0.25, 0.3) is 0 Å². The zero-order valence-electron chi connectivity index (χ0n) is 14.0. The summed E-state index contributed by atoms with van der Waals surface area (Å²) in [6, 6.07) is 18.6. The fraction of sp³-hybridized carbons (Fsp3) is 0.300. The lowest BCUT2D eigenvalue weighted by Crippen LogP contribution is -2.24. The Morgan fingerprint density at radius 1 is 1.00 bits per heavy atom. The van der Waals surface area contributed by atoms with Gasteiger partial charge in [0.05, 0.1) is 10.9 Å². The van der Waals surface area contributed by atoms with Crippen LogP contribution >= 0.6 is 0 Å². The summed E-state index contributed by atoms with van der Waals surface area (Å²) in [6.45, 7) is 3.16. The lowest BCUT2D eigenvalue weighted by atomic mass is 10.2. The van der Waals surface area contributed by atoms with Crippen LogP contribution in [0.2, 0.25) is 0 Å². The second-order valence-corrected chi connectivity index (χ2v) is 6.50. The van der Waals surface area contributed by atoms with Crippen LogP contribution in [0, 0.1) is 0 Å². The first-order valence-electron chi connectivity index (χ1n) is 8.40. The fourth-order valence-corrected chi connectivity index (χ4v) is 3.23. The maximum Gasteiger partial charge on any atom is 0.225 e. The van der Waals surface area contributed by atoms with Crippen molar-refractivity contribution in [3.8, 4) is 17.3 Å². The summed E-state index contributed by atoms with van der Waals surface area (Å²) in [5.74, 6) is 1.40. The van der Waals surface area contributed by atoms with Crippen molar-refractivity contribution in [2.24, 2.45) is 0 Å². The minimum Gasteiger partial charge on any atom is -0.472 e. The van der Waals surface area contributed by atoms with Crippen LogP contribution in [0.4, 0.5) is 0 Å². The number of likely N-dealkylation sites (N-methyl/N-ethyl adjacent to an activating group) is 1. The second-order valence-electron chi connectivity index (χ2n) is 6.50. The molecule has 0 aliphatic carbocycles. The third-order valence-corrected chi connectivity index (χ3v) is 4.73. The molecule has 2 unspecified atom stereocenters. The minimum atomic E-state index is 0.173. The van der Waals surface area contributed by atoms with Gasteiger partial charge in [-0.2, -0.15) is 4.98 Å². The number of para-hydroxylation sites is 1. The predicted octanol–water partition coefficient (Wildman–Crippen LogP) is 3.77. The average Bonchev–Trinajstić information content (AvgIpc) is 2.93. The van der Waals surface area contributed by atoms with Gasteiger partial charge < -0.3 is 4.74 Å². The first-order valence-corrected chi connectivity index (χ1v) is 8.40. The van der Waals surface area contributed by atoms with Crippen LogP contribution in [0.5, 0.6) is 5.88 Å². The van der Waals surface area contributed by atoms with Gasteiger partial charge in [-0.05, 0) is 26.1 Å². The van der Waals surface area contributed by atoms with Gasteiger partial charge in [-0.15, -0.1) is 0 Å². The first kappa shape index (κ1) is 15.1. The molecule has 1 fully saturated rings. The van der Waals surface area contributed by atoms with E-state index in [2.05, 4.69) is 18.9 Å². The highest BCUT2D eigenvalue weighted by Crippen LogP contribution is 2.29. The molecule has 1 aromatic heterocycles. The van der Waals surface area contributed by atoms with E-state index in [0.717, 1.165) is 29.4 Å². The molecule has 2 aromatic carbocycles. The summed E-state index contributed by atoms with van der Waals surface area (Å²) in [7, 11) is 2.14. The number of aromatic nitrogens is 2. The number of nitrogens with zero attached hydrogens (tertiary/aromatic N) is 3. The predicted molar refractivity (Wildman–Crippen MR) is 96.1 cm³/mol. The summed E-state index contributed by atoms with van der Waals surface area (Å²) in [4.78, 5) is 11.8. The van der Waals surface area contributed by atoms with Crippen molar-refractivity contribution >= 4 is 10.9 Å². The van der Waals surface area contributed by atoms with E-state index >= 15 is 0 Å². The molecule has 1 saturated heterocycles. The van der Waals surface area contributed by atoms with Gasteiger partial charge in [0.1, 0.15) is 6.10 Å². The van der Waals surface area contributed by atoms with Gasteiger partial charge >= 0.3 is 0 Å². The van der Waals surface area contributed by atoms with Crippen molar-refractivity contribution in [3.63, 3.8) is 0 Å². The molecule has 0 bridgehead atoms. The van der Waals surface area contributed by atoms with Crippen LogP contribution < -0.4 is 4.74 Å². The van der Waals surface area contributed by atoms with E-state index in [1.165, 1.54) is 0 Å². The van der Waals surface area contributed by atoms with Crippen LogP contribution in [0.3, 0.4) is 0 Å². The van der Waals surface area contributed by atoms with Crippen molar-refractivity contribution in [2.75, 3.05) is 13.6 Å². The molecule has 0 amide bonds. The highest BCUT2D eigenvalue weighted by atomic mass is 16.5. The van der Waals surface area contributed by atoms with Crippen LogP contribution in [-0.2, 0) is 0 Å². The molecule has 0 N–H and O–H groups in total. The molecule has 3 aromatic rings. The summed E-state index contributed by atoms with van der Waals surface area (Å²) < 4.78 is 6.30. The maximum atomic E-state index is 6.30. The number of hydrogen-bond donors (Lipinski definition) is 0. The molecule has 4 nitrogen and oxygen atoms in total. The van der Waals surface area contributed by atoms with E-state index in [1.54, 1.807) is 0 Å². The molecule has 1 aliphatic rings. The Hall–Kier alpha value is -2.46. The molecular weight excluding hydrogens is 298 g/mol. The Morgan fingerprint density at radius 3 is 2.50 bits per heavy atom. The molecule has 0 saturated carbocycles. The number of likely N-dealkylation sites (tertiary alicyclic amines) is 1. The van der Waals surface area contributed by atoms with E-state index in [0.29, 0.717) is 17.7 Å². The minimum absolute atomic E-state index is 0.173. The maximum absolute atomic E-state index is 6.30. The molecular formula is C20H21N3O. The Labute approximate surface area is 142 Å². The standard InChI is InChI=1S/C20H21N3O/c1-14-12-16(13-23(14)2)24-20-17-10-6-7-11-18(17)21-19(22-20)15-8-4-3-5-9-15/h3-11,14,16H,12-13H2,1-2H3. The SMILES string of the molecule is CC1CC(Oc2nc(-c3ccccc3)nc3ccccc23)CN1C. The number of rotatable bonds is 3. The topological polar surface area (TPSA) is 38.3 Å². The summed E-state index contributed by atoms with van der Waals surface area (Å²) >= 11 is 0. The Bertz CT molecular complexity index is 840. The Balaban J connectivity index is 1.76. The Kier molecular flexibility index (Phi) is 3.90. The quantitative estimate of drug-likeness (QED) is 0.736. The lowest BCUT2D eigenvalue weighted by Gasteiger charge is -2.15. The molecule has 4 heteroatoms. The molecule has 122 valence electrons. The molecule has 2 heterocycles. The molecule has 4 rings (SSSR count). The summed E-state index contributed by atoms with van der Waals surface area (Å²) in [6.07, 6.45) is 1.20. The van der Waals surface area contributed by atoms with Crippen LogP contribution in [0.15, 0.2) is 54.6 Å². The zero-order chi connectivity index (χ0) is 16.5. The van der Waals surface area contributed by atoms with E-state index in [1.807, 2.05) is 54.6 Å². The normalized spacial score (nSPS) is 21.2. The molecule has 0 radical (unpaired) electrons. The highest BCUT2D eigenvalue weighted by Gasteiger charge is 2.28. The third kappa shape index (κ3) is 2.85. The van der Waals surface area contributed by atoms with E-state index in [4.69, 9.17) is 14.7 Å². The monoisotopic (exact) mass is 319 g/mol. The summed E-state index contributed by atoms with van der Waals surface area (Å²) in [5, 5.41) is 0.972. The van der Waals surface area contributed by atoms with Crippen LogP contribution in [0.1, 0.15) is 13.3 Å². The zero-order valence-corrected chi connectivity index (χ0v) is 14.0. The largest absolute Gasteiger partial charge is 0.472 e. The van der Waals surface area contributed by atoms with E-state index in [-0.39, 0.29) is 6.10 Å². The van der Waals surface area contributed by atoms with Crippen LogP contribution in [0.25, 0.3) is 22.3 Å². The molecule has 2 atom stereocenters. The van der Waals surface area contributed by atoms with Gasteiger partial charge in [-0.1, -0.05) is 42.5 Å². The van der Waals surface area contributed by atoms with Gasteiger partial charge in [-0.3, -0.25) is 4.90 Å². The Morgan fingerprint density at radius 2 is 1.75 bits per heavy atom. The second kappa shape index (κ2) is 6.21. The van der Waals surface area contributed by atoms with Gasteiger partial charge in [0.2, 0.25) is 5.88 Å². The van der Waals surface area contributed by atoms with Gasteiger partial charge in [0.15, 0.2) is 5.82 Å². The lowest BCUT2D eigenvalue weighted by molar-refractivity contribution is 0.203. The molecule has 1 aliphatic heterocycles. The first-order chi connectivity index (χ1) is 11.7. The van der Waals surface area contributed by atoms with E-state index < -0.39 is 0 Å². The van der Waals surface area contributed by atoms with Crippen molar-refractivity contribution < 1.29 is 4.74 Å². The number of benzene rings is 2. The molecule has 0 spiro atoms. The fourth-order valence-electron chi connectivity index (χ4n) is 3.23. The third-order valence-electron chi connectivity index (χ3n) is 4.73. The van der Waals surface area contributed by atoms with Crippen molar-refractivity contribution in [1.29, 1.82) is 0 Å². The highest BCUT2D eigenvalue weighted by molar-refractivity contribution is 5.85. The average molecular weight is 319 g/mol. The van der Waals surface area contributed by atoms with Crippen molar-refractivity contribution in [2.45, 2.75) is 25.5 Å². The van der Waals surface area contributed by atoms with Gasteiger partial charge in [0, 0.05) is 24.6 Å².